The van der Waals surface area contributed by atoms with Crippen molar-refractivity contribution in [1.82, 2.24) is 5.32 Å². The molecule has 2 N–H and O–H groups in total. The number of amides is 1. The summed E-state index contributed by atoms with van der Waals surface area (Å²) in [7, 11) is 0. The number of anilines is 1. The van der Waals surface area contributed by atoms with E-state index in [-0.39, 0.29) is 12.5 Å². The fourth-order valence-electron chi connectivity index (χ4n) is 2.28. The first-order valence-electron chi connectivity index (χ1n) is 6.44. The first-order valence-corrected chi connectivity index (χ1v) is 7.24. The summed E-state index contributed by atoms with van der Waals surface area (Å²) in [6.45, 7) is 5.32. The number of hydrogen-bond acceptors (Lipinski definition) is 3. The maximum Gasteiger partial charge on any atom is 0.246 e. The third-order valence-electron chi connectivity index (χ3n) is 3.35. The summed E-state index contributed by atoms with van der Waals surface area (Å²) < 4.78 is 0.909. The number of benzene rings is 1. The molecule has 2 unspecified atom stereocenters. The van der Waals surface area contributed by atoms with Crippen LogP contribution in [0.1, 0.15) is 12.5 Å². The van der Waals surface area contributed by atoms with Crippen LogP contribution in [0.2, 0.25) is 0 Å². The molecule has 5 heteroatoms. The predicted octanol–water partition coefficient (Wildman–Crippen LogP) is 1.69. The van der Waals surface area contributed by atoms with Gasteiger partial charge in [-0.05, 0) is 46.5 Å². The van der Waals surface area contributed by atoms with Gasteiger partial charge in [-0.25, -0.2) is 0 Å². The Labute approximate surface area is 121 Å². The quantitative estimate of drug-likeness (QED) is 0.869. The second-order valence-corrected chi connectivity index (χ2v) is 6.01. The zero-order valence-corrected chi connectivity index (χ0v) is 12.8. The van der Waals surface area contributed by atoms with Crippen molar-refractivity contribution in [3.63, 3.8) is 0 Å². The Balaban J connectivity index is 2.36. The normalized spacial score (nSPS) is 24.4. The number of nitrogens with one attached hydrogen (secondary N) is 1. The summed E-state index contributed by atoms with van der Waals surface area (Å²) in [4.78, 5) is 14.2. The first-order chi connectivity index (χ1) is 9.02. The highest BCUT2D eigenvalue weighted by Gasteiger charge is 2.30. The summed E-state index contributed by atoms with van der Waals surface area (Å²) in [5.41, 5.74) is 2.01. The average Bonchev–Trinajstić information content (AvgIpc) is 2.50. The van der Waals surface area contributed by atoms with E-state index in [1.165, 1.54) is 0 Å². The molecule has 0 bridgehead atoms. The largest absolute Gasteiger partial charge is 0.394 e. The number of nitrogens with zero attached hydrogens (tertiary/aromatic N) is 1. The number of hydrogen-bond donors (Lipinski definition) is 2. The third-order valence-corrected chi connectivity index (χ3v) is 3.98. The number of carbonyl (C=O) groups is 1. The zero-order chi connectivity index (χ0) is 14.0. The number of aliphatic hydroxyl groups excluding tert-OH is 1. The van der Waals surface area contributed by atoms with Crippen molar-refractivity contribution in [3.05, 3.63) is 28.2 Å². The first kappa shape index (κ1) is 14.5. The second-order valence-electron chi connectivity index (χ2n) is 5.15. The molecule has 0 saturated carbocycles. The lowest BCUT2D eigenvalue weighted by Gasteiger charge is -2.26. The monoisotopic (exact) mass is 326 g/mol. The molecular formula is C14H19BrN2O2. The van der Waals surface area contributed by atoms with Crippen LogP contribution in [-0.4, -0.2) is 36.8 Å². The van der Waals surface area contributed by atoms with E-state index >= 15 is 0 Å². The molecule has 19 heavy (non-hydrogen) atoms. The van der Waals surface area contributed by atoms with Gasteiger partial charge in [0, 0.05) is 17.6 Å². The molecule has 2 atom stereocenters. The molecule has 1 fully saturated rings. The van der Waals surface area contributed by atoms with Gasteiger partial charge in [0.2, 0.25) is 5.91 Å². The van der Waals surface area contributed by atoms with Crippen molar-refractivity contribution in [1.29, 1.82) is 0 Å². The van der Waals surface area contributed by atoms with E-state index in [1.807, 2.05) is 25.1 Å². The van der Waals surface area contributed by atoms with Gasteiger partial charge < -0.3 is 15.3 Å². The van der Waals surface area contributed by atoms with Crippen LogP contribution in [0.15, 0.2) is 22.7 Å². The molecule has 4 nitrogen and oxygen atoms in total. The van der Waals surface area contributed by atoms with E-state index in [4.69, 9.17) is 0 Å². The molecule has 1 aliphatic rings. The smallest absolute Gasteiger partial charge is 0.246 e. The average molecular weight is 327 g/mol. The molecule has 0 aliphatic carbocycles. The lowest BCUT2D eigenvalue weighted by atomic mass is 10.1. The summed E-state index contributed by atoms with van der Waals surface area (Å²) in [5.74, 6) is 0.269. The van der Waals surface area contributed by atoms with Gasteiger partial charge in [0.15, 0.2) is 0 Å². The SMILES string of the molecule is Cc1ccc(N2CC(C)CNC(CO)C2=O)c(Br)c1. The molecular weight excluding hydrogens is 308 g/mol. The van der Waals surface area contributed by atoms with Crippen LogP contribution in [0, 0.1) is 12.8 Å². The highest BCUT2D eigenvalue weighted by molar-refractivity contribution is 9.10. The van der Waals surface area contributed by atoms with Gasteiger partial charge in [-0.3, -0.25) is 4.79 Å². The second kappa shape index (κ2) is 6.03. The summed E-state index contributed by atoms with van der Waals surface area (Å²) >= 11 is 3.52. The Bertz CT molecular complexity index is 479. The maximum atomic E-state index is 12.4. The fourth-order valence-corrected chi connectivity index (χ4v) is 2.98. The van der Waals surface area contributed by atoms with Crippen LogP contribution in [-0.2, 0) is 4.79 Å². The standard InChI is InChI=1S/C14H19BrN2O2/c1-9-3-4-13(11(15)5-9)17-7-10(2)6-16-12(8-18)14(17)19/h3-5,10,12,16,18H,6-8H2,1-2H3. The number of aryl methyl sites for hydroxylation is 1. The van der Waals surface area contributed by atoms with E-state index < -0.39 is 6.04 Å². The number of carbonyl (C=O) groups excluding carboxylic acids is 1. The Kier molecular flexibility index (Phi) is 4.60. The topological polar surface area (TPSA) is 52.6 Å². The Morgan fingerprint density at radius 1 is 1.53 bits per heavy atom. The molecule has 1 heterocycles. The van der Waals surface area contributed by atoms with Crippen molar-refractivity contribution in [2.24, 2.45) is 5.92 Å². The molecule has 0 radical (unpaired) electrons. The van der Waals surface area contributed by atoms with Gasteiger partial charge in [0.05, 0.1) is 12.3 Å². The minimum atomic E-state index is -0.516. The summed E-state index contributed by atoms with van der Waals surface area (Å²) in [5, 5.41) is 12.4. The minimum Gasteiger partial charge on any atom is -0.394 e. The van der Waals surface area contributed by atoms with Crippen LogP contribution in [0.4, 0.5) is 5.69 Å². The van der Waals surface area contributed by atoms with Crippen molar-refractivity contribution in [3.8, 4) is 0 Å². The molecule has 0 aromatic heterocycles. The van der Waals surface area contributed by atoms with Gasteiger partial charge in [-0.2, -0.15) is 0 Å². The Hall–Kier alpha value is -0.910. The molecule has 1 aliphatic heterocycles. The van der Waals surface area contributed by atoms with Crippen molar-refractivity contribution in [2.75, 3.05) is 24.6 Å². The molecule has 0 spiro atoms. The van der Waals surface area contributed by atoms with Crippen molar-refractivity contribution in [2.45, 2.75) is 19.9 Å². The number of halogens is 1. The molecule has 1 amide bonds. The molecule has 2 rings (SSSR count). The highest BCUT2D eigenvalue weighted by atomic mass is 79.9. The van der Waals surface area contributed by atoms with Crippen LogP contribution in [0.3, 0.4) is 0 Å². The zero-order valence-electron chi connectivity index (χ0n) is 11.2. The van der Waals surface area contributed by atoms with Gasteiger partial charge in [0.1, 0.15) is 6.04 Å². The van der Waals surface area contributed by atoms with Crippen LogP contribution in [0.5, 0.6) is 0 Å². The molecule has 1 aromatic carbocycles. The fraction of sp³-hybridized carbons (Fsp3) is 0.500. The lowest BCUT2D eigenvalue weighted by molar-refractivity contribution is -0.121. The van der Waals surface area contributed by atoms with E-state index in [9.17, 15) is 9.90 Å². The van der Waals surface area contributed by atoms with Crippen LogP contribution < -0.4 is 10.2 Å². The van der Waals surface area contributed by atoms with Crippen molar-refractivity contribution >= 4 is 27.5 Å². The highest BCUT2D eigenvalue weighted by Crippen LogP contribution is 2.29. The van der Waals surface area contributed by atoms with Gasteiger partial charge in [0.25, 0.3) is 0 Å². The number of aliphatic hydroxyl groups is 1. The summed E-state index contributed by atoms with van der Waals surface area (Å²) in [6.07, 6.45) is 0. The summed E-state index contributed by atoms with van der Waals surface area (Å²) in [6, 6.07) is 5.42. The van der Waals surface area contributed by atoms with Gasteiger partial charge in [-0.1, -0.05) is 13.0 Å². The Morgan fingerprint density at radius 2 is 2.26 bits per heavy atom. The molecule has 1 saturated heterocycles. The lowest BCUT2D eigenvalue weighted by Crippen LogP contribution is -2.46. The molecule has 104 valence electrons. The van der Waals surface area contributed by atoms with E-state index in [0.29, 0.717) is 12.5 Å². The van der Waals surface area contributed by atoms with Gasteiger partial charge >= 0.3 is 0 Å². The number of rotatable bonds is 2. The molecule has 1 aromatic rings. The van der Waals surface area contributed by atoms with Crippen molar-refractivity contribution < 1.29 is 9.90 Å². The van der Waals surface area contributed by atoms with E-state index in [2.05, 4.69) is 28.2 Å². The minimum absolute atomic E-state index is 0.0728. The van der Waals surface area contributed by atoms with Crippen LogP contribution >= 0.6 is 15.9 Å². The Morgan fingerprint density at radius 3 is 2.89 bits per heavy atom. The van der Waals surface area contributed by atoms with E-state index in [0.717, 1.165) is 22.3 Å². The third kappa shape index (κ3) is 3.16. The van der Waals surface area contributed by atoms with E-state index in [1.54, 1.807) is 4.90 Å². The van der Waals surface area contributed by atoms with Crippen LogP contribution in [0.25, 0.3) is 0 Å². The predicted molar refractivity (Wildman–Crippen MR) is 79.3 cm³/mol. The maximum absolute atomic E-state index is 12.4. The van der Waals surface area contributed by atoms with Gasteiger partial charge in [-0.15, -0.1) is 0 Å².